The van der Waals surface area contributed by atoms with Gasteiger partial charge in [-0.3, -0.25) is 9.59 Å². The normalized spacial score (nSPS) is 11.8. The third kappa shape index (κ3) is 4.00. The quantitative estimate of drug-likeness (QED) is 0.679. The summed E-state index contributed by atoms with van der Waals surface area (Å²) in [4.78, 5) is 23.8. The molecule has 2 aromatic carbocycles. The van der Waals surface area contributed by atoms with Crippen LogP contribution < -0.4 is 11.1 Å². The van der Waals surface area contributed by atoms with Gasteiger partial charge in [-0.2, -0.15) is 0 Å². The van der Waals surface area contributed by atoms with E-state index in [-0.39, 0.29) is 5.78 Å². The van der Waals surface area contributed by atoms with Crippen molar-refractivity contribution in [1.82, 2.24) is 0 Å². The maximum absolute atomic E-state index is 12.0. The second kappa shape index (κ2) is 7.27. The lowest BCUT2D eigenvalue weighted by atomic mass is 10.0. The summed E-state index contributed by atoms with van der Waals surface area (Å²) in [6, 6.07) is 10.2. The molecule has 0 saturated heterocycles. The van der Waals surface area contributed by atoms with Crippen LogP contribution in [0.2, 0.25) is 0 Å². The average Bonchev–Trinajstić information content (AvgIpc) is 2.45. The smallest absolute Gasteiger partial charge is 0.244 e. The molecule has 0 saturated carbocycles. The summed E-state index contributed by atoms with van der Waals surface area (Å²) < 4.78 is 1.50. The van der Waals surface area contributed by atoms with Crippen molar-refractivity contribution in [3.05, 3.63) is 62.0 Å². The number of hydrogen-bond donors (Lipinski definition) is 2. The Kier molecular flexibility index (Phi) is 5.59. The number of benzene rings is 2. The van der Waals surface area contributed by atoms with Gasteiger partial charge in [0.25, 0.3) is 0 Å². The number of halogens is 2. The lowest BCUT2D eigenvalue weighted by molar-refractivity contribution is -0.118. The Balaban J connectivity index is 2.52. The van der Waals surface area contributed by atoms with Crippen LogP contribution in [-0.4, -0.2) is 11.7 Å². The minimum Gasteiger partial charge on any atom is -0.369 e. The molecule has 0 aliphatic rings. The van der Waals surface area contributed by atoms with Crippen molar-refractivity contribution in [2.45, 2.75) is 19.9 Å². The zero-order valence-electron chi connectivity index (χ0n) is 12.7. The molecule has 3 N–H and O–H groups in total. The molecule has 0 aliphatic heterocycles. The SMILES string of the molecule is CC(=O)c1ccc(C)cc1N[C@@H](C(N)=O)c1c(Br)cccc1Br. The number of primary amides is 1. The second-order valence-electron chi connectivity index (χ2n) is 5.22. The summed E-state index contributed by atoms with van der Waals surface area (Å²) in [5.74, 6) is -0.615. The van der Waals surface area contributed by atoms with Crippen molar-refractivity contribution >= 4 is 49.2 Å². The number of anilines is 1. The van der Waals surface area contributed by atoms with E-state index >= 15 is 0 Å². The van der Waals surface area contributed by atoms with Crippen LogP contribution in [-0.2, 0) is 4.79 Å². The molecule has 1 atom stereocenters. The number of ketones is 1. The molecule has 0 fully saturated rings. The van der Waals surface area contributed by atoms with Crippen molar-refractivity contribution in [1.29, 1.82) is 0 Å². The topological polar surface area (TPSA) is 72.2 Å². The van der Waals surface area contributed by atoms with Gasteiger partial charge in [-0.05, 0) is 43.7 Å². The lowest BCUT2D eigenvalue weighted by Crippen LogP contribution is -2.29. The molecule has 0 aromatic heterocycles. The molecule has 0 aliphatic carbocycles. The first-order chi connectivity index (χ1) is 10.8. The molecule has 23 heavy (non-hydrogen) atoms. The minimum atomic E-state index is -0.778. The summed E-state index contributed by atoms with van der Waals surface area (Å²) in [7, 11) is 0. The first-order valence-corrected chi connectivity index (χ1v) is 8.51. The van der Waals surface area contributed by atoms with Gasteiger partial charge < -0.3 is 11.1 Å². The van der Waals surface area contributed by atoms with Gasteiger partial charge in [0.2, 0.25) is 5.91 Å². The van der Waals surface area contributed by atoms with Gasteiger partial charge in [0, 0.05) is 25.8 Å². The van der Waals surface area contributed by atoms with Crippen LogP contribution in [0.3, 0.4) is 0 Å². The van der Waals surface area contributed by atoms with Gasteiger partial charge >= 0.3 is 0 Å². The molecule has 120 valence electrons. The predicted molar refractivity (Wildman–Crippen MR) is 98.6 cm³/mol. The largest absolute Gasteiger partial charge is 0.369 e. The average molecular weight is 440 g/mol. The van der Waals surface area contributed by atoms with Gasteiger partial charge in [0.05, 0.1) is 0 Å². The number of nitrogens with two attached hydrogens (primary N) is 1. The molecule has 0 spiro atoms. The highest BCUT2D eigenvalue weighted by Crippen LogP contribution is 2.33. The van der Waals surface area contributed by atoms with Crippen molar-refractivity contribution < 1.29 is 9.59 Å². The molecule has 0 radical (unpaired) electrons. The van der Waals surface area contributed by atoms with E-state index in [1.807, 2.05) is 37.3 Å². The van der Waals surface area contributed by atoms with E-state index in [2.05, 4.69) is 37.2 Å². The molecule has 2 aromatic rings. The van der Waals surface area contributed by atoms with Crippen LogP contribution >= 0.6 is 31.9 Å². The third-order valence-corrected chi connectivity index (χ3v) is 4.81. The van der Waals surface area contributed by atoms with Gasteiger partial charge in [-0.15, -0.1) is 0 Å². The summed E-state index contributed by atoms with van der Waals surface area (Å²) in [5.41, 5.74) is 8.37. The standard InChI is InChI=1S/C17H16Br2N2O2/c1-9-6-7-11(10(2)22)14(8-9)21-16(17(20)23)15-12(18)4-3-5-13(15)19/h3-8,16,21H,1-2H3,(H2,20,23)/t16-/m1/s1. The number of rotatable bonds is 5. The van der Waals surface area contributed by atoms with Crippen LogP contribution in [0, 0.1) is 6.92 Å². The number of hydrogen-bond acceptors (Lipinski definition) is 3. The van der Waals surface area contributed by atoms with Gasteiger partial charge in [0.15, 0.2) is 5.78 Å². The Hall–Kier alpha value is -1.66. The van der Waals surface area contributed by atoms with Gasteiger partial charge in [-0.25, -0.2) is 0 Å². The number of Topliss-reactive ketones (excluding diaryl/α,β-unsaturated/α-hetero) is 1. The molecule has 0 bridgehead atoms. The highest BCUT2D eigenvalue weighted by Gasteiger charge is 2.24. The van der Waals surface area contributed by atoms with Crippen LogP contribution in [0.1, 0.15) is 34.5 Å². The maximum atomic E-state index is 12.0. The molecular weight excluding hydrogens is 424 g/mol. The van der Waals surface area contributed by atoms with E-state index in [0.717, 1.165) is 14.5 Å². The molecule has 4 nitrogen and oxygen atoms in total. The summed E-state index contributed by atoms with van der Waals surface area (Å²) in [6.07, 6.45) is 0. The van der Waals surface area contributed by atoms with Crippen molar-refractivity contribution in [2.75, 3.05) is 5.32 Å². The molecular formula is C17H16Br2N2O2. The van der Waals surface area contributed by atoms with Gasteiger partial charge in [-0.1, -0.05) is 44.0 Å². The maximum Gasteiger partial charge on any atom is 0.244 e. The van der Waals surface area contributed by atoms with E-state index in [0.29, 0.717) is 16.8 Å². The highest BCUT2D eigenvalue weighted by molar-refractivity contribution is 9.11. The number of carbonyl (C=O) groups is 2. The van der Waals surface area contributed by atoms with Crippen LogP contribution in [0.5, 0.6) is 0 Å². The Morgan fingerprint density at radius 3 is 2.26 bits per heavy atom. The number of amides is 1. The van der Waals surface area contributed by atoms with Crippen molar-refractivity contribution in [3.8, 4) is 0 Å². The van der Waals surface area contributed by atoms with Gasteiger partial charge in [0.1, 0.15) is 6.04 Å². The first-order valence-electron chi connectivity index (χ1n) is 6.92. The zero-order valence-corrected chi connectivity index (χ0v) is 15.9. The molecule has 2 rings (SSSR count). The van der Waals surface area contributed by atoms with E-state index in [4.69, 9.17) is 5.73 Å². The fourth-order valence-corrected chi connectivity index (χ4v) is 3.77. The second-order valence-corrected chi connectivity index (χ2v) is 6.93. The monoisotopic (exact) mass is 438 g/mol. The Labute approximate surface area is 151 Å². The zero-order chi connectivity index (χ0) is 17.1. The fourth-order valence-electron chi connectivity index (χ4n) is 2.31. The third-order valence-electron chi connectivity index (χ3n) is 3.43. The molecule has 6 heteroatoms. The van der Waals surface area contributed by atoms with Crippen LogP contribution in [0.25, 0.3) is 0 Å². The van der Waals surface area contributed by atoms with E-state index < -0.39 is 11.9 Å². The lowest BCUT2D eigenvalue weighted by Gasteiger charge is -2.21. The minimum absolute atomic E-state index is 0.0816. The fraction of sp³-hybridized carbons (Fsp3) is 0.176. The number of carbonyl (C=O) groups excluding carboxylic acids is 2. The molecule has 0 unspecified atom stereocenters. The molecule has 1 amide bonds. The summed E-state index contributed by atoms with van der Waals surface area (Å²) in [5, 5.41) is 3.11. The molecule has 0 heterocycles. The Morgan fingerprint density at radius 2 is 1.74 bits per heavy atom. The number of aryl methyl sites for hydroxylation is 1. The van der Waals surface area contributed by atoms with Crippen molar-refractivity contribution in [2.24, 2.45) is 5.73 Å². The summed E-state index contributed by atoms with van der Waals surface area (Å²) in [6.45, 7) is 3.41. The van der Waals surface area contributed by atoms with Crippen LogP contribution in [0.15, 0.2) is 45.3 Å². The predicted octanol–water partition coefficient (Wildman–Crippen LogP) is 4.36. The Morgan fingerprint density at radius 1 is 1.13 bits per heavy atom. The van der Waals surface area contributed by atoms with E-state index in [1.165, 1.54) is 6.92 Å². The highest BCUT2D eigenvalue weighted by atomic mass is 79.9. The summed E-state index contributed by atoms with van der Waals surface area (Å²) >= 11 is 6.89. The first kappa shape index (κ1) is 17.7. The number of nitrogens with one attached hydrogen (secondary N) is 1. The van der Waals surface area contributed by atoms with Crippen LogP contribution in [0.4, 0.5) is 5.69 Å². The van der Waals surface area contributed by atoms with E-state index in [9.17, 15) is 9.59 Å². The van der Waals surface area contributed by atoms with Crippen molar-refractivity contribution in [3.63, 3.8) is 0 Å². The van der Waals surface area contributed by atoms with E-state index in [1.54, 1.807) is 6.07 Å². The Bertz CT molecular complexity index is 755.